The monoisotopic (exact) mass is 251 g/mol. The second-order valence-corrected chi connectivity index (χ2v) is 4.68. The molecule has 0 bridgehead atoms. The van der Waals surface area contributed by atoms with E-state index < -0.39 is 5.97 Å². The first-order chi connectivity index (χ1) is 8.58. The number of nitrogens with one attached hydrogen (secondary N) is 1. The molecule has 0 unspecified atom stereocenters. The highest BCUT2D eigenvalue weighted by Gasteiger charge is 2.23. The molecule has 0 aliphatic heterocycles. The molecule has 2 rings (SSSR count). The first-order valence-corrected chi connectivity index (χ1v) is 6.15. The zero-order chi connectivity index (χ0) is 13.1. The minimum Gasteiger partial charge on any atom is -0.478 e. The van der Waals surface area contributed by atoms with Crippen molar-refractivity contribution in [2.24, 2.45) is 7.05 Å². The molecule has 2 N–H and O–H groups in total. The fraction of sp³-hybridized carbons (Fsp3) is 0.583. The Balaban J connectivity index is 2.10. The lowest BCUT2D eigenvalue weighted by molar-refractivity contribution is 0.0690. The Morgan fingerprint density at radius 3 is 2.67 bits per heavy atom. The van der Waals surface area contributed by atoms with Crippen molar-refractivity contribution in [2.45, 2.75) is 38.1 Å². The standard InChI is InChI=1S/C12H17N3O3/c1-15-7-9(12(17)18)10(14-15)11(16)13-8-5-3-2-4-6-8/h7-8H,2-6H2,1H3,(H,13,16)(H,17,18). The van der Waals surface area contributed by atoms with Gasteiger partial charge in [0.15, 0.2) is 5.69 Å². The molecule has 1 amide bonds. The highest BCUT2D eigenvalue weighted by atomic mass is 16.4. The van der Waals surface area contributed by atoms with Crippen LogP contribution in [0.4, 0.5) is 0 Å². The van der Waals surface area contributed by atoms with Gasteiger partial charge in [-0.1, -0.05) is 19.3 Å². The number of carboxylic acids is 1. The second-order valence-electron chi connectivity index (χ2n) is 4.68. The van der Waals surface area contributed by atoms with E-state index in [1.165, 1.54) is 17.3 Å². The van der Waals surface area contributed by atoms with Gasteiger partial charge in [-0.15, -0.1) is 0 Å². The van der Waals surface area contributed by atoms with Crippen molar-refractivity contribution in [3.63, 3.8) is 0 Å². The third-order valence-electron chi connectivity index (χ3n) is 3.21. The van der Waals surface area contributed by atoms with Crippen molar-refractivity contribution in [3.05, 3.63) is 17.5 Å². The van der Waals surface area contributed by atoms with Gasteiger partial charge in [-0.3, -0.25) is 9.48 Å². The van der Waals surface area contributed by atoms with Gasteiger partial charge in [-0.2, -0.15) is 5.10 Å². The highest BCUT2D eigenvalue weighted by molar-refractivity contribution is 6.03. The summed E-state index contributed by atoms with van der Waals surface area (Å²) in [5.41, 5.74) is -0.0543. The number of amides is 1. The third-order valence-corrected chi connectivity index (χ3v) is 3.21. The third kappa shape index (κ3) is 2.69. The highest BCUT2D eigenvalue weighted by Crippen LogP contribution is 2.18. The molecule has 6 nitrogen and oxygen atoms in total. The van der Waals surface area contributed by atoms with Gasteiger partial charge in [-0.05, 0) is 12.8 Å². The van der Waals surface area contributed by atoms with Crippen LogP contribution in [0.15, 0.2) is 6.20 Å². The quantitative estimate of drug-likeness (QED) is 0.844. The maximum atomic E-state index is 12.0. The molecule has 18 heavy (non-hydrogen) atoms. The average Bonchev–Trinajstić information content (AvgIpc) is 2.73. The Morgan fingerprint density at radius 2 is 2.06 bits per heavy atom. The molecule has 0 saturated heterocycles. The van der Waals surface area contributed by atoms with Crippen molar-refractivity contribution < 1.29 is 14.7 Å². The molecule has 0 radical (unpaired) electrons. The fourth-order valence-electron chi connectivity index (χ4n) is 2.31. The van der Waals surface area contributed by atoms with Crippen LogP contribution in [0.25, 0.3) is 0 Å². The molecule has 1 aliphatic carbocycles. The number of hydrogen-bond acceptors (Lipinski definition) is 3. The predicted molar refractivity (Wildman–Crippen MR) is 64.5 cm³/mol. The number of aromatic nitrogens is 2. The summed E-state index contributed by atoms with van der Waals surface area (Å²) in [7, 11) is 1.60. The van der Waals surface area contributed by atoms with Gasteiger partial charge in [0.1, 0.15) is 5.56 Å². The molecular formula is C12H17N3O3. The van der Waals surface area contributed by atoms with Crippen LogP contribution in [-0.2, 0) is 7.05 Å². The number of aryl methyl sites for hydroxylation is 1. The largest absolute Gasteiger partial charge is 0.478 e. The minimum absolute atomic E-state index is 0.00410. The van der Waals surface area contributed by atoms with Crippen LogP contribution >= 0.6 is 0 Å². The molecule has 1 aromatic heterocycles. The van der Waals surface area contributed by atoms with Gasteiger partial charge in [0.2, 0.25) is 0 Å². The second kappa shape index (κ2) is 5.20. The van der Waals surface area contributed by atoms with Crippen LogP contribution in [0.3, 0.4) is 0 Å². The minimum atomic E-state index is -1.13. The van der Waals surface area contributed by atoms with Crippen molar-refractivity contribution in [1.29, 1.82) is 0 Å². The molecule has 1 aliphatic rings. The van der Waals surface area contributed by atoms with E-state index in [0.29, 0.717) is 0 Å². The van der Waals surface area contributed by atoms with Gasteiger partial charge < -0.3 is 10.4 Å². The van der Waals surface area contributed by atoms with E-state index in [1.54, 1.807) is 7.05 Å². The summed E-state index contributed by atoms with van der Waals surface area (Å²) >= 11 is 0. The number of carbonyl (C=O) groups excluding carboxylic acids is 1. The molecule has 6 heteroatoms. The van der Waals surface area contributed by atoms with Crippen molar-refractivity contribution in [1.82, 2.24) is 15.1 Å². The smallest absolute Gasteiger partial charge is 0.339 e. The van der Waals surface area contributed by atoms with Crippen LogP contribution in [0.1, 0.15) is 53.0 Å². The summed E-state index contributed by atoms with van der Waals surface area (Å²) in [5, 5.41) is 15.8. The van der Waals surface area contributed by atoms with Crippen LogP contribution in [0.2, 0.25) is 0 Å². The normalized spacial score (nSPS) is 16.5. The lowest BCUT2D eigenvalue weighted by Gasteiger charge is -2.22. The molecule has 1 saturated carbocycles. The molecule has 98 valence electrons. The molecule has 1 heterocycles. The van der Waals surface area contributed by atoms with Gasteiger partial charge in [0.05, 0.1) is 0 Å². The lowest BCUT2D eigenvalue weighted by atomic mass is 9.95. The summed E-state index contributed by atoms with van der Waals surface area (Å²) in [4.78, 5) is 23.0. The topological polar surface area (TPSA) is 84.2 Å². The molecule has 1 aromatic rings. The Morgan fingerprint density at radius 1 is 1.39 bits per heavy atom. The van der Waals surface area contributed by atoms with Crippen molar-refractivity contribution in [3.8, 4) is 0 Å². The van der Waals surface area contributed by atoms with Crippen LogP contribution < -0.4 is 5.32 Å². The number of carbonyl (C=O) groups is 2. The maximum absolute atomic E-state index is 12.0. The van der Waals surface area contributed by atoms with E-state index in [0.717, 1.165) is 25.7 Å². The average molecular weight is 251 g/mol. The van der Waals surface area contributed by atoms with Gasteiger partial charge >= 0.3 is 5.97 Å². The number of carboxylic acid groups (broad SMARTS) is 1. The van der Waals surface area contributed by atoms with E-state index in [2.05, 4.69) is 10.4 Å². The SMILES string of the molecule is Cn1cc(C(=O)O)c(C(=O)NC2CCCCC2)n1. The Labute approximate surface area is 105 Å². The maximum Gasteiger partial charge on any atom is 0.339 e. The summed E-state index contributed by atoms with van der Waals surface area (Å²) < 4.78 is 1.35. The van der Waals surface area contributed by atoms with Gasteiger partial charge in [-0.25, -0.2) is 4.79 Å². The Bertz CT molecular complexity index is 461. The number of hydrogen-bond donors (Lipinski definition) is 2. The molecule has 0 aromatic carbocycles. The summed E-state index contributed by atoms with van der Waals surface area (Å²) in [6, 6.07) is 0.148. The van der Waals surface area contributed by atoms with E-state index in [-0.39, 0.29) is 23.2 Å². The fourth-order valence-corrected chi connectivity index (χ4v) is 2.31. The number of nitrogens with zero attached hydrogens (tertiary/aromatic N) is 2. The van der Waals surface area contributed by atoms with E-state index in [4.69, 9.17) is 5.11 Å². The zero-order valence-corrected chi connectivity index (χ0v) is 10.3. The Kier molecular flexibility index (Phi) is 3.64. The molecule has 0 spiro atoms. The van der Waals surface area contributed by atoms with Gasteiger partial charge in [0, 0.05) is 19.3 Å². The van der Waals surface area contributed by atoms with Crippen molar-refractivity contribution >= 4 is 11.9 Å². The molecule has 1 fully saturated rings. The van der Waals surface area contributed by atoms with E-state index in [1.807, 2.05) is 0 Å². The van der Waals surface area contributed by atoms with Crippen LogP contribution in [0, 0.1) is 0 Å². The first-order valence-electron chi connectivity index (χ1n) is 6.15. The van der Waals surface area contributed by atoms with Crippen molar-refractivity contribution in [2.75, 3.05) is 0 Å². The lowest BCUT2D eigenvalue weighted by Crippen LogP contribution is -2.37. The van der Waals surface area contributed by atoms with E-state index in [9.17, 15) is 9.59 Å². The Hall–Kier alpha value is -1.85. The number of rotatable bonds is 3. The van der Waals surface area contributed by atoms with Crippen LogP contribution in [-0.4, -0.2) is 32.8 Å². The zero-order valence-electron chi connectivity index (χ0n) is 10.3. The predicted octanol–water partition coefficient (Wildman–Crippen LogP) is 1.18. The summed E-state index contributed by atoms with van der Waals surface area (Å²) in [6.07, 6.45) is 6.69. The van der Waals surface area contributed by atoms with E-state index >= 15 is 0 Å². The van der Waals surface area contributed by atoms with Gasteiger partial charge in [0.25, 0.3) is 5.91 Å². The summed E-state index contributed by atoms with van der Waals surface area (Å²) in [6.45, 7) is 0. The van der Waals surface area contributed by atoms with Crippen LogP contribution in [0.5, 0.6) is 0 Å². The molecular weight excluding hydrogens is 234 g/mol. The molecule has 0 atom stereocenters. The first kappa shape index (κ1) is 12.6. The summed E-state index contributed by atoms with van der Waals surface area (Å²) in [5.74, 6) is -1.52. The number of aromatic carboxylic acids is 1.